The zero-order valence-corrected chi connectivity index (χ0v) is 10.3. The van der Waals surface area contributed by atoms with Gasteiger partial charge in [-0.3, -0.25) is 5.10 Å². The number of nitrogens with zero attached hydrogens (tertiary/aromatic N) is 5. The van der Waals surface area contributed by atoms with Gasteiger partial charge in [-0.25, -0.2) is 0 Å². The van der Waals surface area contributed by atoms with Crippen molar-refractivity contribution in [2.45, 2.75) is 6.92 Å². The summed E-state index contributed by atoms with van der Waals surface area (Å²) in [6.07, 6.45) is 0. The second-order valence-electron chi connectivity index (χ2n) is 3.39. The van der Waals surface area contributed by atoms with Crippen molar-refractivity contribution >= 4 is 0 Å². The molecule has 8 nitrogen and oxygen atoms in total. The zero-order valence-electron chi connectivity index (χ0n) is 10.3. The summed E-state index contributed by atoms with van der Waals surface area (Å²) < 4.78 is 11.8. The summed E-state index contributed by atoms with van der Waals surface area (Å²) in [5.41, 5.74) is 0.668. The Morgan fingerprint density at radius 3 is 2.79 bits per heavy atom. The molecule has 0 aliphatic heterocycles. The van der Waals surface area contributed by atoms with Gasteiger partial charge in [0.25, 0.3) is 5.88 Å². The fourth-order valence-electron chi connectivity index (χ4n) is 1.56. The molecule has 96 valence electrons. The Bertz CT molecular complexity index is 672. The van der Waals surface area contributed by atoms with Gasteiger partial charge in [-0.05, 0) is 6.92 Å². The Morgan fingerprint density at radius 1 is 1.42 bits per heavy atom. The normalized spacial score (nSPS) is 9.68. The molecule has 0 atom stereocenters. The van der Waals surface area contributed by atoms with Crippen molar-refractivity contribution in [1.82, 2.24) is 20.0 Å². The Labute approximate surface area is 108 Å². The minimum Gasteiger partial charge on any atom is -0.481 e. The van der Waals surface area contributed by atoms with E-state index in [1.165, 1.54) is 17.9 Å². The lowest BCUT2D eigenvalue weighted by atomic mass is 10.4. The smallest absolute Gasteiger partial charge is 0.260 e. The van der Waals surface area contributed by atoms with Crippen molar-refractivity contribution in [2.75, 3.05) is 13.7 Å². The summed E-state index contributed by atoms with van der Waals surface area (Å²) >= 11 is 0. The minimum absolute atomic E-state index is 0.171. The van der Waals surface area contributed by atoms with Crippen molar-refractivity contribution < 1.29 is 9.47 Å². The van der Waals surface area contributed by atoms with E-state index in [4.69, 9.17) is 20.0 Å². The van der Waals surface area contributed by atoms with Crippen LogP contribution in [0.5, 0.6) is 11.8 Å². The lowest BCUT2D eigenvalue weighted by Crippen LogP contribution is -2.04. The van der Waals surface area contributed by atoms with E-state index in [0.717, 1.165) is 0 Å². The average molecular weight is 258 g/mol. The summed E-state index contributed by atoms with van der Waals surface area (Å²) in [5, 5.41) is 28.4. The topological polar surface area (TPSA) is 113 Å². The second kappa shape index (κ2) is 5.10. The number of nitrogens with one attached hydrogen (secondary N) is 1. The molecule has 0 aliphatic rings. The highest BCUT2D eigenvalue weighted by Crippen LogP contribution is 2.28. The van der Waals surface area contributed by atoms with Gasteiger partial charge in [-0.1, -0.05) is 0 Å². The van der Waals surface area contributed by atoms with E-state index in [0.29, 0.717) is 18.2 Å². The van der Waals surface area contributed by atoms with Crippen LogP contribution in [0.3, 0.4) is 0 Å². The molecule has 0 bridgehead atoms. The number of methoxy groups -OCH3 is 1. The molecular weight excluding hydrogens is 248 g/mol. The van der Waals surface area contributed by atoms with Crippen LogP contribution in [0.2, 0.25) is 0 Å². The monoisotopic (exact) mass is 258 g/mol. The van der Waals surface area contributed by atoms with Gasteiger partial charge < -0.3 is 9.47 Å². The highest BCUT2D eigenvalue weighted by Gasteiger charge is 2.21. The van der Waals surface area contributed by atoms with E-state index >= 15 is 0 Å². The maximum atomic E-state index is 9.07. The number of ether oxygens (including phenoxy) is 2. The van der Waals surface area contributed by atoms with Crippen molar-refractivity contribution in [1.29, 1.82) is 10.5 Å². The molecule has 19 heavy (non-hydrogen) atoms. The van der Waals surface area contributed by atoms with Gasteiger partial charge >= 0.3 is 0 Å². The Balaban J connectivity index is 2.64. The van der Waals surface area contributed by atoms with E-state index in [1.807, 2.05) is 12.1 Å². The molecule has 8 heteroatoms. The van der Waals surface area contributed by atoms with Crippen molar-refractivity contribution in [2.24, 2.45) is 0 Å². The SMILES string of the molecule is CCOc1n[nH]c(C#N)c1-n1nc(C#N)cc1OC. The summed E-state index contributed by atoms with van der Waals surface area (Å²) in [7, 11) is 1.45. The molecule has 0 aromatic carbocycles. The van der Waals surface area contributed by atoms with Crippen molar-refractivity contribution in [3.05, 3.63) is 17.5 Å². The van der Waals surface area contributed by atoms with Gasteiger partial charge in [0.15, 0.2) is 17.1 Å². The van der Waals surface area contributed by atoms with Gasteiger partial charge in [0.05, 0.1) is 13.7 Å². The number of H-pyrrole nitrogens is 1. The summed E-state index contributed by atoms with van der Waals surface area (Å²) in [6.45, 7) is 2.18. The number of hydrogen-bond donors (Lipinski definition) is 1. The molecule has 2 aromatic rings. The third-order valence-corrected chi connectivity index (χ3v) is 2.31. The fraction of sp³-hybridized carbons (Fsp3) is 0.273. The molecule has 0 amide bonds. The van der Waals surface area contributed by atoms with Crippen LogP contribution in [-0.2, 0) is 0 Å². The highest BCUT2D eigenvalue weighted by molar-refractivity contribution is 5.53. The van der Waals surface area contributed by atoms with Crippen LogP contribution in [0.25, 0.3) is 5.69 Å². The molecule has 0 spiro atoms. The maximum absolute atomic E-state index is 9.07. The van der Waals surface area contributed by atoms with Gasteiger partial charge in [-0.15, -0.1) is 5.10 Å². The first-order chi connectivity index (χ1) is 9.24. The molecule has 0 saturated carbocycles. The van der Waals surface area contributed by atoms with E-state index in [9.17, 15) is 0 Å². The number of rotatable bonds is 4. The molecule has 0 fully saturated rings. The van der Waals surface area contributed by atoms with Crippen LogP contribution >= 0.6 is 0 Å². The first-order valence-electron chi connectivity index (χ1n) is 5.40. The lowest BCUT2D eigenvalue weighted by molar-refractivity contribution is 0.322. The fourth-order valence-corrected chi connectivity index (χ4v) is 1.56. The number of aromatic amines is 1. The molecule has 2 rings (SSSR count). The third kappa shape index (κ3) is 2.07. The Hall–Kier alpha value is -3.00. The molecule has 0 radical (unpaired) electrons. The Kier molecular flexibility index (Phi) is 3.35. The van der Waals surface area contributed by atoms with Crippen molar-refractivity contribution in [3.63, 3.8) is 0 Å². The van der Waals surface area contributed by atoms with E-state index in [-0.39, 0.29) is 17.3 Å². The molecule has 2 heterocycles. The van der Waals surface area contributed by atoms with Gasteiger partial charge in [0.1, 0.15) is 12.1 Å². The van der Waals surface area contributed by atoms with Crippen LogP contribution in [0.4, 0.5) is 0 Å². The average Bonchev–Trinajstić information content (AvgIpc) is 3.01. The molecule has 2 aromatic heterocycles. The summed E-state index contributed by atoms with van der Waals surface area (Å²) in [4.78, 5) is 0. The maximum Gasteiger partial charge on any atom is 0.260 e. The quantitative estimate of drug-likeness (QED) is 0.865. The van der Waals surface area contributed by atoms with E-state index < -0.39 is 0 Å². The molecule has 0 unspecified atom stereocenters. The van der Waals surface area contributed by atoms with Crippen molar-refractivity contribution in [3.8, 4) is 29.6 Å². The second-order valence-corrected chi connectivity index (χ2v) is 3.39. The first kappa shape index (κ1) is 12.5. The predicted molar refractivity (Wildman–Crippen MR) is 62.9 cm³/mol. The molecule has 0 saturated heterocycles. The van der Waals surface area contributed by atoms with Crippen LogP contribution in [0.15, 0.2) is 6.07 Å². The number of hydrogen-bond acceptors (Lipinski definition) is 6. The molecular formula is C11H10N6O2. The number of aromatic nitrogens is 4. The summed E-state index contributed by atoms with van der Waals surface area (Å²) in [5.74, 6) is 0.542. The molecule has 1 N–H and O–H groups in total. The van der Waals surface area contributed by atoms with Gasteiger partial charge in [-0.2, -0.15) is 20.3 Å². The standard InChI is InChI=1S/C11H10N6O2/c1-3-19-11-10(8(6-13)14-15-11)17-9(18-2)4-7(5-12)16-17/h4H,3H2,1-2H3,(H,14,15). The first-order valence-corrected chi connectivity index (χ1v) is 5.40. The zero-order chi connectivity index (χ0) is 13.8. The largest absolute Gasteiger partial charge is 0.481 e. The molecule has 0 aliphatic carbocycles. The van der Waals surface area contributed by atoms with Crippen LogP contribution in [0.1, 0.15) is 18.3 Å². The lowest BCUT2D eigenvalue weighted by Gasteiger charge is -2.06. The summed E-state index contributed by atoms with van der Waals surface area (Å²) in [6, 6.07) is 5.32. The third-order valence-electron chi connectivity index (χ3n) is 2.31. The minimum atomic E-state index is 0.171. The van der Waals surface area contributed by atoms with E-state index in [1.54, 1.807) is 6.92 Å². The van der Waals surface area contributed by atoms with Crippen LogP contribution in [0, 0.1) is 22.7 Å². The van der Waals surface area contributed by atoms with Crippen LogP contribution in [-0.4, -0.2) is 33.7 Å². The van der Waals surface area contributed by atoms with E-state index in [2.05, 4.69) is 15.3 Å². The van der Waals surface area contributed by atoms with Gasteiger partial charge in [0.2, 0.25) is 5.88 Å². The number of nitriles is 2. The van der Waals surface area contributed by atoms with Gasteiger partial charge in [0, 0.05) is 6.07 Å². The Morgan fingerprint density at radius 2 is 2.21 bits per heavy atom. The van der Waals surface area contributed by atoms with Crippen LogP contribution < -0.4 is 9.47 Å². The highest BCUT2D eigenvalue weighted by atomic mass is 16.5. The predicted octanol–water partition coefficient (Wildman–Crippen LogP) is 0.746.